The topological polar surface area (TPSA) is 116 Å². The van der Waals surface area contributed by atoms with Gasteiger partial charge in [0, 0.05) is 19.6 Å². The number of aliphatic carboxylic acids is 1. The van der Waals surface area contributed by atoms with E-state index in [0.717, 1.165) is 12.8 Å². The molecule has 2 bridgehead atoms. The molecule has 4 saturated heterocycles. The fourth-order valence-corrected chi connectivity index (χ4v) is 4.37. The number of fused-ring (bicyclic) bond motifs is 1. The minimum Gasteiger partial charge on any atom is -0.481 e. The molecule has 1 N–H and O–H groups in total. The maximum atomic E-state index is 12.7. The summed E-state index contributed by atoms with van der Waals surface area (Å²) in [6, 6.07) is 3.71. The van der Waals surface area contributed by atoms with E-state index in [9.17, 15) is 20.0 Å². The second kappa shape index (κ2) is 8.20. The Morgan fingerprint density at radius 2 is 1.97 bits per heavy atom. The number of carboxylic acids is 1. The highest BCUT2D eigenvalue weighted by Gasteiger charge is 2.46. The molecule has 0 amide bonds. The number of carbonyl (C=O) groups is 2. The van der Waals surface area contributed by atoms with Gasteiger partial charge in [0.15, 0.2) is 0 Å². The summed E-state index contributed by atoms with van der Waals surface area (Å²) in [4.78, 5) is 32.8. The van der Waals surface area contributed by atoms with Crippen LogP contribution in [0, 0.1) is 17.2 Å². The molecule has 4 fully saturated rings. The lowest BCUT2D eigenvalue weighted by Crippen LogP contribution is -2.50. The average Bonchev–Trinajstić information content (AvgIpc) is 3.36. The summed E-state index contributed by atoms with van der Waals surface area (Å²) in [7, 11) is 0. The van der Waals surface area contributed by atoms with Crippen molar-refractivity contribution in [2.24, 2.45) is 5.92 Å². The number of piperidine rings is 1. The van der Waals surface area contributed by atoms with Gasteiger partial charge in [-0.15, -0.1) is 0 Å². The van der Waals surface area contributed by atoms with E-state index in [1.165, 1.54) is 0 Å². The predicted molar refractivity (Wildman–Crippen MR) is 106 cm³/mol. The van der Waals surface area contributed by atoms with Crippen molar-refractivity contribution in [1.29, 1.82) is 5.26 Å². The maximum Gasteiger partial charge on any atom is 0.340 e. The number of pyridine rings is 1. The van der Waals surface area contributed by atoms with Crippen LogP contribution in [-0.4, -0.2) is 58.6 Å². The molecule has 1 aromatic rings. The van der Waals surface area contributed by atoms with Crippen molar-refractivity contribution in [2.45, 2.75) is 64.6 Å². The molecule has 2 unspecified atom stereocenters. The fourth-order valence-electron chi connectivity index (χ4n) is 4.37. The van der Waals surface area contributed by atoms with Gasteiger partial charge in [0.05, 0.1) is 28.8 Å². The van der Waals surface area contributed by atoms with Crippen LogP contribution in [0.15, 0.2) is 6.07 Å². The van der Waals surface area contributed by atoms with Crippen LogP contribution in [0.5, 0.6) is 0 Å². The normalized spacial score (nSPS) is 23.9. The highest BCUT2D eigenvalue weighted by Crippen LogP contribution is 2.39. The van der Waals surface area contributed by atoms with Crippen LogP contribution in [-0.2, 0) is 20.8 Å². The van der Waals surface area contributed by atoms with Gasteiger partial charge in [0.1, 0.15) is 24.3 Å². The van der Waals surface area contributed by atoms with E-state index >= 15 is 0 Å². The highest BCUT2D eigenvalue weighted by atomic mass is 16.6. The smallest absolute Gasteiger partial charge is 0.340 e. The Morgan fingerprint density at radius 1 is 1.30 bits per heavy atom. The number of esters is 1. The van der Waals surface area contributed by atoms with Crippen molar-refractivity contribution < 1.29 is 24.2 Å². The minimum absolute atomic E-state index is 0.0520. The third-order valence-electron chi connectivity index (χ3n) is 5.96. The molecule has 5 rings (SSSR count). The summed E-state index contributed by atoms with van der Waals surface area (Å²) in [5.41, 5.74) is 1.16. The number of hydrogen-bond acceptors (Lipinski definition) is 8. The number of aromatic nitrogens is 1. The van der Waals surface area contributed by atoms with E-state index in [1.54, 1.807) is 19.9 Å². The van der Waals surface area contributed by atoms with E-state index < -0.39 is 11.9 Å². The molecule has 0 radical (unpaired) electrons. The van der Waals surface area contributed by atoms with E-state index in [-0.39, 0.29) is 24.5 Å². The number of nitrogens with zero attached hydrogens (tertiary/aromatic N) is 4. The van der Waals surface area contributed by atoms with Gasteiger partial charge < -0.3 is 19.5 Å². The average molecular weight is 414 g/mol. The first kappa shape index (κ1) is 20.6. The SMILES string of the molecule is CC(C)OC(=O)c1cc(C#N)c(N2CCC(C(=O)O)CC2)nc1CN1C2CCC1O2. The van der Waals surface area contributed by atoms with Crippen molar-refractivity contribution in [3.05, 3.63) is 22.9 Å². The largest absolute Gasteiger partial charge is 0.481 e. The van der Waals surface area contributed by atoms with Crippen LogP contribution in [0.3, 0.4) is 0 Å². The van der Waals surface area contributed by atoms with Crippen molar-refractivity contribution in [2.75, 3.05) is 18.0 Å². The molecular weight excluding hydrogens is 388 g/mol. The van der Waals surface area contributed by atoms with Crippen molar-refractivity contribution in [1.82, 2.24) is 9.88 Å². The van der Waals surface area contributed by atoms with E-state index in [1.807, 2.05) is 4.90 Å². The van der Waals surface area contributed by atoms with Gasteiger partial charge in [-0.3, -0.25) is 4.79 Å². The molecule has 30 heavy (non-hydrogen) atoms. The Hall–Kier alpha value is -2.70. The Morgan fingerprint density at radius 3 is 2.50 bits per heavy atom. The van der Waals surface area contributed by atoms with Crippen molar-refractivity contribution >= 4 is 17.8 Å². The van der Waals surface area contributed by atoms with Gasteiger partial charge in [-0.2, -0.15) is 5.26 Å². The van der Waals surface area contributed by atoms with Crippen LogP contribution in [0.4, 0.5) is 5.82 Å². The molecule has 0 aliphatic carbocycles. The van der Waals surface area contributed by atoms with Gasteiger partial charge in [0.25, 0.3) is 0 Å². The molecule has 0 saturated carbocycles. The Kier molecular flexibility index (Phi) is 5.62. The number of hydrogen-bond donors (Lipinski definition) is 1. The van der Waals surface area contributed by atoms with Crippen LogP contribution < -0.4 is 4.90 Å². The van der Waals surface area contributed by atoms with Crippen LogP contribution in [0.25, 0.3) is 0 Å². The second-order valence-corrected chi connectivity index (χ2v) is 8.31. The van der Waals surface area contributed by atoms with Crippen LogP contribution in [0.1, 0.15) is 61.1 Å². The second-order valence-electron chi connectivity index (χ2n) is 8.31. The quantitative estimate of drug-likeness (QED) is 0.698. The van der Waals surface area contributed by atoms with Gasteiger partial charge >= 0.3 is 11.9 Å². The summed E-state index contributed by atoms with van der Waals surface area (Å²) < 4.78 is 11.1. The van der Waals surface area contributed by atoms with Crippen molar-refractivity contribution in [3.63, 3.8) is 0 Å². The summed E-state index contributed by atoms with van der Waals surface area (Å²) >= 11 is 0. The summed E-state index contributed by atoms with van der Waals surface area (Å²) in [5, 5.41) is 19.0. The number of carbonyl (C=O) groups excluding carboxylic acids is 1. The Balaban J connectivity index is 1.65. The number of ether oxygens (including phenoxy) is 2. The minimum atomic E-state index is -0.788. The lowest BCUT2D eigenvalue weighted by molar-refractivity contribution is -0.241. The maximum absolute atomic E-state index is 12.7. The third-order valence-corrected chi connectivity index (χ3v) is 5.96. The molecule has 9 nitrogen and oxygen atoms in total. The number of rotatable bonds is 6. The molecule has 160 valence electrons. The van der Waals surface area contributed by atoms with Crippen LogP contribution >= 0.6 is 0 Å². The molecule has 0 spiro atoms. The molecule has 4 aliphatic heterocycles. The van der Waals surface area contributed by atoms with E-state index in [2.05, 4.69) is 11.0 Å². The zero-order valence-corrected chi connectivity index (χ0v) is 17.2. The lowest BCUT2D eigenvalue weighted by atomic mass is 9.96. The standard InChI is InChI=1S/C21H26N4O5/c1-12(2)29-21(28)15-9-14(10-22)19(24-7-5-13(6-8-24)20(26)27)23-16(15)11-25-17-3-4-18(25)30-17/h9,12-13,17-18H,3-8,11H2,1-2H3,(H,26,27). The highest BCUT2D eigenvalue weighted by molar-refractivity contribution is 5.91. The summed E-state index contributed by atoms with van der Waals surface area (Å²) in [6.45, 7) is 5.02. The Labute approximate surface area is 175 Å². The van der Waals surface area contributed by atoms with Gasteiger partial charge in [0.2, 0.25) is 0 Å². The third kappa shape index (κ3) is 3.85. The summed E-state index contributed by atoms with van der Waals surface area (Å²) in [5.74, 6) is -1.15. The molecule has 1 aromatic heterocycles. The zero-order valence-electron chi connectivity index (χ0n) is 17.2. The van der Waals surface area contributed by atoms with E-state index in [4.69, 9.17) is 14.5 Å². The first-order chi connectivity index (χ1) is 14.4. The fraction of sp³-hybridized carbons (Fsp3) is 0.619. The molecule has 5 heterocycles. The summed E-state index contributed by atoms with van der Waals surface area (Å²) in [6.07, 6.45) is 2.74. The lowest BCUT2D eigenvalue weighted by Gasteiger charge is -2.40. The van der Waals surface area contributed by atoms with Gasteiger partial charge in [-0.25, -0.2) is 14.7 Å². The number of anilines is 1. The zero-order chi connectivity index (χ0) is 21.4. The molecule has 4 aliphatic rings. The first-order valence-corrected chi connectivity index (χ1v) is 10.4. The van der Waals surface area contributed by atoms with Crippen molar-refractivity contribution in [3.8, 4) is 6.07 Å². The van der Waals surface area contributed by atoms with E-state index in [0.29, 0.717) is 55.1 Å². The predicted octanol–water partition coefficient (Wildman–Crippen LogP) is 2.10. The first-order valence-electron chi connectivity index (χ1n) is 10.4. The van der Waals surface area contributed by atoms with Gasteiger partial charge in [-0.05, 0) is 45.6 Å². The number of carboxylic acid groups (broad SMARTS) is 1. The molecule has 2 atom stereocenters. The molecular formula is C21H26N4O5. The van der Waals surface area contributed by atoms with Crippen LogP contribution in [0.2, 0.25) is 0 Å². The molecule has 9 heteroatoms. The Bertz CT molecular complexity index is 874. The van der Waals surface area contributed by atoms with Gasteiger partial charge in [-0.1, -0.05) is 0 Å². The number of nitriles is 1. The molecule has 0 aromatic carbocycles. The monoisotopic (exact) mass is 414 g/mol.